The largest absolute Gasteiger partial charge is 0.489 e. The van der Waals surface area contributed by atoms with Crippen LogP contribution in [0.4, 0.5) is 0 Å². The first-order valence-corrected chi connectivity index (χ1v) is 11.1. The molecule has 0 aromatic heterocycles. The number of thiocarbonyl (C=S) groups is 1. The summed E-state index contributed by atoms with van der Waals surface area (Å²) in [5.41, 5.74) is 5.36. The lowest BCUT2D eigenvalue weighted by molar-refractivity contribution is -0.116. The summed E-state index contributed by atoms with van der Waals surface area (Å²) in [6.07, 6.45) is 3.39. The number of benzene rings is 2. The van der Waals surface area contributed by atoms with Crippen molar-refractivity contribution in [3.8, 4) is 5.75 Å². The molecule has 0 bridgehead atoms. The van der Waals surface area contributed by atoms with E-state index in [0.717, 1.165) is 54.0 Å². The first-order chi connectivity index (χ1) is 14.6. The Hall–Kier alpha value is -2.66. The van der Waals surface area contributed by atoms with Crippen LogP contribution in [0.3, 0.4) is 0 Å². The third-order valence-electron chi connectivity index (χ3n) is 5.72. The molecule has 0 spiro atoms. The van der Waals surface area contributed by atoms with Gasteiger partial charge in [-0.2, -0.15) is 0 Å². The summed E-state index contributed by atoms with van der Waals surface area (Å²) in [7, 11) is 0. The van der Waals surface area contributed by atoms with E-state index in [1.54, 1.807) is 0 Å². The zero-order chi connectivity index (χ0) is 21.1. The van der Waals surface area contributed by atoms with Gasteiger partial charge in [0, 0.05) is 24.2 Å². The Balaban J connectivity index is 1.60. The van der Waals surface area contributed by atoms with E-state index in [-0.39, 0.29) is 11.8 Å². The third-order valence-corrected chi connectivity index (χ3v) is 6.06. The van der Waals surface area contributed by atoms with E-state index in [1.165, 1.54) is 5.56 Å². The number of carbonyl (C=O) groups is 1. The highest BCUT2D eigenvalue weighted by atomic mass is 32.1. The monoisotopic (exact) mass is 420 g/mol. The van der Waals surface area contributed by atoms with E-state index in [2.05, 4.69) is 48.3 Å². The van der Waals surface area contributed by atoms with Gasteiger partial charge in [0.25, 0.3) is 0 Å². The van der Waals surface area contributed by atoms with E-state index in [0.29, 0.717) is 18.1 Å². The summed E-state index contributed by atoms with van der Waals surface area (Å²) >= 11 is 5.67. The van der Waals surface area contributed by atoms with Crippen LogP contribution in [-0.2, 0) is 11.4 Å². The molecule has 2 aromatic carbocycles. The number of Topliss-reactive ketones (excluding diaryl/α,β-unsaturated/α-hetero) is 1. The number of hydrogen-bond acceptors (Lipinski definition) is 3. The highest BCUT2D eigenvalue weighted by molar-refractivity contribution is 7.80. The van der Waals surface area contributed by atoms with Gasteiger partial charge in [0.15, 0.2) is 10.9 Å². The van der Waals surface area contributed by atoms with Crippen LogP contribution in [0.25, 0.3) is 0 Å². The Bertz CT molecular complexity index is 981. The molecule has 1 N–H and O–H groups in total. The first kappa shape index (κ1) is 20.6. The molecule has 2 aliphatic rings. The van der Waals surface area contributed by atoms with Crippen LogP contribution in [0.2, 0.25) is 0 Å². The number of rotatable bonds is 6. The average Bonchev–Trinajstić information content (AvgIpc) is 2.75. The lowest BCUT2D eigenvalue weighted by Gasteiger charge is -2.41. The Morgan fingerprint density at radius 2 is 1.97 bits per heavy atom. The summed E-state index contributed by atoms with van der Waals surface area (Å²) in [4.78, 5) is 15.0. The molecule has 4 rings (SSSR count). The van der Waals surface area contributed by atoms with Gasteiger partial charge in [-0.3, -0.25) is 4.79 Å². The van der Waals surface area contributed by atoms with Crippen molar-refractivity contribution < 1.29 is 9.53 Å². The molecule has 0 saturated carbocycles. The zero-order valence-corrected chi connectivity index (χ0v) is 18.4. The minimum absolute atomic E-state index is 0.212. The first-order valence-electron chi connectivity index (χ1n) is 10.7. The van der Waals surface area contributed by atoms with Gasteiger partial charge >= 0.3 is 0 Å². The van der Waals surface area contributed by atoms with Crippen molar-refractivity contribution in [3.05, 3.63) is 76.5 Å². The van der Waals surface area contributed by atoms with Crippen LogP contribution in [0.5, 0.6) is 5.75 Å². The zero-order valence-electron chi connectivity index (χ0n) is 17.6. The lowest BCUT2D eigenvalue weighted by Crippen LogP contribution is -2.49. The van der Waals surface area contributed by atoms with Gasteiger partial charge in [-0.25, -0.2) is 0 Å². The molecular formula is C25H28N2O2S. The summed E-state index contributed by atoms with van der Waals surface area (Å²) < 4.78 is 6.04. The molecule has 0 radical (unpaired) electrons. The van der Waals surface area contributed by atoms with Gasteiger partial charge < -0.3 is 15.0 Å². The Kier molecular flexibility index (Phi) is 6.18. The second kappa shape index (κ2) is 9.00. The molecule has 5 heteroatoms. The molecule has 0 fully saturated rings. The summed E-state index contributed by atoms with van der Waals surface area (Å²) in [6.45, 7) is 5.56. The maximum absolute atomic E-state index is 12.9. The molecule has 1 heterocycles. The van der Waals surface area contributed by atoms with Gasteiger partial charge in [-0.05, 0) is 61.7 Å². The molecule has 1 atom stereocenters. The van der Waals surface area contributed by atoms with Crippen molar-refractivity contribution in [2.75, 3.05) is 6.54 Å². The number of nitrogens with one attached hydrogen (secondary N) is 1. The van der Waals surface area contributed by atoms with Crippen LogP contribution < -0.4 is 10.1 Å². The van der Waals surface area contributed by atoms with Crippen LogP contribution >= 0.6 is 12.2 Å². The molecule has 4 nitrogen and oxygen atoms in total. The van der Waals surface area contributed by atoms with Gasteiger partial charge in [0.1, 0.15) is 12.4 Å². The minimum atomic E-state index is -0.212. The van der Waals surface area contributed by atoms with Crippen LogP contribution in [0, 0.1) is 6.92 Å². The summed E-state index contributed by atoms with van der Waals surface area (Å²) in [5.74, 6) is 1.02. The second-order valence-corrected chi connectivity index (χ2v) is 8.40. The fourth-order valence-electron chi connectivity index (χ4n) is 4.20. The fourth-order valence-corrected chi connectivity index (χ4v) is 4.52. The van der Waals surface area contributed by atoms with Crippen molar-refractivity contribution in [1.29, 1.82) is 0 Å². The van der Waals surface area contributed by atoms with E-state index in [4.69, 9.17) is 17.0 Å². The van der Waals surface area contributed by atoms with Gasteiger partial charge in [-0.15, -0.1) is 0 Å². The van der Waals surface area contributed by atoms with Crippen molar-refractivity contribution in [2.24, 2.45) is 0 Å². The average molecular weight is 421 g/mol. The van der Waals surface area contributed by atoms with E-state index >= 15 is 0 Å². The van der Waals surface area contributed by atoms with Crippen LogP contribution in [-0.4, -0.2) is 22.3 Å². The highest BCUT2D eigenvalue weighted by Crippen LogP contribution is 2.38. The number of ketones is 1. The van der Waals surface area contributed by atoms with Gasteiger partial charge in [-0.1, -0.05) is 48.9 Å². The quantitative estimate of drug-likeness (QED) is 0.649. The third kappa shape index (κ3) is 4.26. The number of aryl methyl sites for hydroxylation is 1. The summed E-state index contributed by atoms with van der Waals surface area (Å²) in [5, 5.41) is 4.14. The standard InChI is InChI=1S/C25H28N2O2S/c1-3-14-27-21-8-5-9-22(28)23(21)24(26-25(27)30)19-6-4-7-20(15-19)29-16-18-12-10-17(2)11-13-18/h4,6-7,10-13,15,24H,3,5,8-9,14,16H2,1-2H3,(H,26,30). The Morgan fingerprint density at radius 3 is 2.73 bits per heavy atom. The normalized spacial score (nSPS) is 18.9. The SMILES string of the molecule is CCCN1C(=S)NC(c2cccc(OCc3ccc(C)cc3)c2)C2=C1CCCC2=O. The number of hydrogen-bond donors (Lipinski definition) is 1. The topological polar surface area (TPSA) is 41.6 Å². The Morgan fingerprint density at radius 1 is 1.17 bits per heavy atom. The van der Waals surface area contributed by atoms with Crippen molar-refractivity contribution in [1.82, 2.24) is 10.2 Å². The van der Waals surface area contributed by atoms with Gasteiger partial charge in [0.2, 0.25) is 0 Å². The van der Waals surface area contributed by atoms with Crippen LogP contribution in [0.15, 0.2) is 59.8 Å². The molecule has 1 aliphatic heterocycles. The van der Waals surface area contributed by atoms with Crippen molar-refractivity contribution in [2.45, 2.75) is 52.2 Å². The number of carbonyl (C=O) groups excluding carboxylic acids is 1. The Labute approximate surface area is 183 Å². The molecular weight excluding hydrogens is 392 g/mol. The fraction of sp³-hybridized carbons (Fsp3) is 0.360. The molecule has 2 aromatic rings. The predicted molar refractivity (Wildman–Crippen MR) is 123 cm³/mol. The van der Waals surface area contributed by atoms with Crippen molar-refractivity contribution in [3.63, 3.8) is 0 Å². The second-order valence-electron chi connectivity index (χ2n) is 8.02. The molecule has 0 saturated heterocycles. The van der Waals surface area contributed by atoms with E-state index in [1.807, 2.05) is 24.3 Å². The summed E-state index contributed by atoms with van der Waals surface area (Å²) in [6, 6.07) is 16.1. The number of nitrogens with zero attached hydrogens (tertiary/aromatic N) is 1. The predicted octanol–water partition coefficient (Wildman–Crippen LogP) is 5.22. The maximum atomic E-state index is 12.9. The van der Waals surface area contributed by atoms with Crippen LogP contribution in [0.1, 0.15) is 55.3 Å². The minimum Gasteiger partial charge on any atom is -0.489 e. The van der Waals surface area contributed by atoms with Gasteiger partial charge in [0.05, 0.1) is 6.04 Å². The number of ether oxygens (including phenoxy) is 1. The smallest absolute Gasteiger partial charge is 0.173 e. The van der Waals surface area contributed by atoms with E-state index in [9.17, 15) is 4.79 Å². The molecule has 1 unspecified atom stereocenters. The molecule has 30 heavy (non-hydrogen) atoms. The number of allylic oxidation sites excluding steroid dienone is 1. The van der Waals surface area contributed by atoms with Crippen molar-refractivity contribution >= 4 is 23.1 Å². The molecule has 1 aliphatic carbocycles. The van der Waals surface area contributed by atoms with E-state index < -0.39 is 0 Å². The molecule has 0 amide bonds. The molecule has 156 valence electrons. The highest BCUT2D eigenvalue weighted by Gasteiger charge is 2.36. The lowest BCUT2D eigenvalue weighted by atomic mass is 9.84. The maximum Gasteiger partial charge on any atom is 0.173 e.